The Morgan fingerprint density at radius 3 is 2.52 bits per heavy atom. The number of carbonyl (C=O) groups excluding carboxylic acids is 1. The van der Waals surface area contributed by atoms with Crippen LogP contribution in [0.15, 0.2) is 54.6 Å². The van der Waals surface area contributed by atoms with E-state index in [-0.39, 0.29) is 30.6 Å². The number of methoxy groups -OCH3 is 1. The summed E-state index contributed by atoms with van der Waals surface area (Å²) >= 11 is 0. The zero-order valence-corrected chi connectivity index (χ0v) is 14.9. The van der Waals surface area contributed by atoms with Crippen LogP contribution in [0.5, 0.6) is 0 Å². The van der Waals surface area contributed by atoms with E-state index < -0.39 is 10.0 Å². The van der Waals surface area contributed by atoms with E-state index in [1.54, 1.807) is 6.07 Å². The molecule has 0 spiro atoms. The van der Waals surface area contributed by atoms with E-state index in [1.165, 1.54) is 11.4 Å². The number of fused-ring (bicyclic) bond motifs is 1. The Morgan fingerprint density at radius 2 is 1.80 bits per heavy atom. The third-order valence-electron chi connectivity index (χ3n) is 4.50. The average molecular weight is 359 g/mol. The zero-order chi connectivity index (χ0) is 17.9. The lowest BCUT2D eigenvalue weighted by Gasteiger charge is -2.20. The molecule has 0 fully saturated rings. The van der Waals surface area contributed by atoms with Crippen LogP contribution in [0.1, 0.15) is 23.5 Å². The van der Waals surface area contributed by atoms with Gasteiger partial charge >= 0.3 is 5.97 Å². The van der Waals surface area contributed by atoms with Crippen LogP contribution in [0, 0.1) is 0 Å². The summed E-state index contributed by atoms with van der Waals surface area (Å²) in [5.74, 6) is -0.463. The van der Waals surface area contributed by atoms with E-state index in [9.17, 15) is 13.2 Å². The summed E-state index contributed by atoms with van der Waals surface area (Å²) in [6.07, 6.45) is 0.641. The number of esters is 1. The minimum Gasteiger partial charge on any atom is -0.469 e. The molecule has 0 amide bonds. The first-order chi connectivity index (χ1) is 12.0. The number of rotatable bonds is 6. The van der Waals surface area contributed by atoms with Crippen molar-refractivity contribution in [3.8, 4) is 0 Å². The smallest absolute Gasteiger partial charge is 0.306 e. The van der Waals surface area contributed by atoms with E-state index in [1.807, 2.05) is 48.5 Å². The van der Waals surface area contributed by atoms with Crippen LogP contribution < -0.4 is 4.31 Å². The van der Waals surface area contributed by atoms with E-state index in [0.29, 0.717) is 12.1 Å². The first-order valence-corrected chi connectivity index (χ1v) is 9.82. The largest absolute Gasteiger partial charge is 0.469 e. The van der Waals surface area contributed by atoms with Crippen LogP contribution in [0.4, 0.5) is 5.69 Å². The van der Waals surface area contributed by atoms with Gasteiger partial charge in [0.2, 0.25) is 10.0 Å². The molecule has 0 saturated heterocycles. The molecule has 0 saturated carbocycles. The van der Waals surface area contributed by atoms with Gasteiger partial charge in [0.1, 0.15) is 0 Å². The Balaban J connectivity index is 1.80. The second kappa shape index (κ2) is 7.27. The minimum atomic E-state index is -3.47. The van der Waals surface area contributed by atoms with Crippen molar-refractivity contribution in [2.45, 2.75) is 18.8 Å². The van der Waals surface area contributed by atoms with Gasteiger partial charge < -0.3 is 4.74 Å². The molecule has 0 aliphatic carbocycles. The van der Waals surface area contributed by atoms with Crippen LogP contribution >= 0.6 is 0 Å². The van der Waals surface area contributed by atoms with Crippen molar-refractivity contribution in [1.82, 2.24) is 0 Å². The molecular weight excluding hydrogens is 338 g/mol. The lowest BCUT2D eigenvalue weighted by atomic mass is 9.98. The summed E-state index contributed by atoms with van der Waals surface area (Å²) in [5.41, 5.74) is 2.55. The summed E-state index contributed by atoms with van der Waals surface area (Å²) in [5, 5.41) is 0. The number of nitrogens with zero attached hydrogens (tertiary/aromatic N) is 1. The maximum atomic E-state index is 12.9. The van der Waals surface area contributed by atoms with E-state index in [0.717, 1.165) is 11.1 Å². The van der Waals surface area contributed by atoms with Crippen LogP contribution in [-0.4, -0.2) is 33.8 Å². The van der Waals surface area contributed by atoms with Gasteiger partial charge in [-0.15, -0.1) is 0 Å². The molecule has 2 aromatic carbocycles. The molecule has 132 valence electrons. The van der Waals surface area contributed by atoms with E-state index in [2.05, 4.69) is 0 Å². The summed E-state index contributed by atoms with van der Waals surface area (Å²) < 4.78 is 31.9. The highest BCUT2D eigenvalue weighted by Crippen LogP contribution is 2.39. The minimum absolute atomic E-state index is 0.0380. The van der Waals surface area contributed by atoms with Crippen molar-refractivity contribution in [2.24, 2.45) is 0 Å². The van der Waals surface area contributed by atoms with E-state index >= 15 is 0 Å². The number of benzene rings is 2. The van der Waals surface area contributed by atoms with Gasteiger partial charge in [-0.05, 0) is 23.6 Å². The number of hydrogen-bond acceptors (Lipinski definition) is 4. The van der Waals surface area contributed by atoms with Gasteiger partial charge in [0.05, 0.1) is 25.0 Å². The number of hydrogen-bond donors (Lipinski definition) is 0. The van der Waals surface area contributed by atoms with Crippen molar-refractivity contribution in [3.05, 3.63) is 65.7 Å². The fourth-order valence-corrected chi connectivity index (χ4v) is 4.77. The van der Waals surface area contributed by atoms with Gasteiger partial charge in [0.15, 0.2) is 0 Å². The fraction of sp³-hybridized carbons (Fsp3) is 0.316. The van der Waals surface area contributed by atoms with Crippen molar-refractivity contribution < 1.29 is 17.9 Å². The van der Waals surface area contributed by atoms with Gasteiger partial charge in [-0.1, -0.05) is 48.5 Å². The van der Waals surface area contributed by atoms with E-state index in [4.69, 9.17) is 4.74 Å². The summed E-state index contributed by atoms with van der Waals surface area (Å²) in [4.78, 5) is 11.7. The second-order valence-electron chi connectivity index (χ2n) is 6.12. The monoisotopic (exact) mass is 359 g/mol. The normalized spacial score (nSPS) is 16.5. The molecule has 25 heavy (non-hydrogen) atoms. The van der Waals surface area contributed by atoms with Gasteiger partial charge in [-0.3, -0.25) is 9.10 Å². The second-order valence-corrected chi connectivity index (χ2v) is 8.13. The van der Waals surface area contributed by atoms with Crippen molar-refractivity contribution in [3.63, 3.8) is 0 Å². The molecule has 0 aromatic heterocycles. The summed E-state index contributed by atoms with van der Waals surface area (Å²) in [6.45, 7) is 0.283. The lowest BCUT2D eigenvalue weighted by Crippen LogP contribution is -2.33. The topological polar surface area (TPSA) is 63.7 Å². The van der Waals surface area contributed by atoms with Crippen LogP contribution in [0.2, 0.25) is 0 Å². The Hall–Kier alpha value is -2.34. The number of para-hydroxylation sites is 1. The molecule has 6 heteroatoms. The fourth-order valence-electron chi connectivity index (χ4n) is 3.18. The molecule has 1 aliphatic rings. The maximum Gasteiger partial charge on any atom is 0.306 e. The molecule has 1 unspecified atom stereocenters. The molecule has 5 nitrogen and oxygen atoms in total. The Bertz CT molecular complexity index is 849. The number of ether oxygens (including phenoxy) is 1. The molecule has 1 heterocycles. The van der Waals surface area contributed by atoms with Gasteiger partial charge in [-0.2, -0.15) is 0 Å². The molecular formula is C19H21NO4S. The third-order valence-corrected chi connectivity index (χ3v) is 6.24. The van der Waals surface area contributed by atoms with Gasteiger partial charge in [-0.25, -0.2) is 8.42 Å². The number of aryl methyl sites for hydroxylation is 1. The summed E-state index contributed by atoms with van der Waals surface area (Å²) in [6, 6.07) is 16.9. The Morgan fingerprint density at radius 1 is 1.12 bits per heavy atom. The first kappa shape index (κ1) is 17.5. The molecule has 0 bridgehead atoms. The van der Waals surface area contributed by atoms with Gasteiger partial charge in [0.25, 0.3) is 0 Å². The molecule has 1 atom stereocenters. The van der Waals surface area contributed by atoms with Crippen molar-refractivity contribution in [2.75, 3.05) is 23.7 Å². The standard InChI is InChI=1S/C19H21NO4S/c1-24-19(21)13-16-14-20(18-10-6-5-9-17(16)18)25(22,23)12-11-15-7-3-2-4-8-15/h2-10,16H,11-14H2,1H3. The summed E-state index contributed by atoms with van der Waals surface area (Å²) in [7, 11) is -2.12. The van der Waals surface area contributed by atoms with Crippen LogP contribution in [-0.2, 0) is 26.0 Å². The Labute approximate surface area is 148 Å². The number of anilines is 1. The highest BCUT2D eigenvalue weighted by Gasteiger charge is 2.36. The lowest BCUT2D eigenvalue weighted by molar-refractivity contribution is -0.140. The van der Waals surface area contributed by atoms with Crippen LogP contribution in [0.3, 0.4) is 0 Å². The SMILES string of the molecule is COC(=O)CC1CN(S(=O)(=O)CCc2ccccc2)c2ccccc21. The highest BCUT2D eigenvalue weighted by molar-refractivity contribution is 7.92. The molecule has 0 radical (unpaired) electrons. The predicted octanol–water partition coefficient (Wildman–Crippen LogP) is 2.73. The Kier molecular flexibility index (Phi) is 5.08. The highest BCUT2D eigenvalue weighted by atomic mass is 32.2. The molecule has 0 N–H and O–H groups in total. The predicted molar refractivity (Wildman–Crippen MR) is 97.1 cm³/mol. The van der Waals surface area contributed by atoms with Crippen molar-refractivity contribution in [1.29, 1.82) is 0 Å². The maximum absolute atomic E-state index is 12.9. The van der Waals surface area contributed by atoms with Crippen molar-refractivity contribution >= 4 is 21.7 Å². The third kappa shape index (κ3) is 3.85. The van der Waals surface area contributed by atoms with Crippen LogP contribution in [0.25, 0.3) is 0 Å². The zero-order valence-electron chi connectivity index (χ0n) is 14.1. The van der Waals surface area contributed by atoms with Gasteiger partial charge in [0, 0.05) is 12.5 Å². The quantitative estimate of drug-likeness (QED) is 0.744. The molecule has 2 aromatic rings. The number of carbonyl (C=O) groups is 1. The number of sulfonamides is 1. The molecule has 1 aliphatic heterocycles. The average Bonchev–Trinajstić information content (AvgIpc) is 3.00. The first-order valence-electron chi connectivity index (χ1n) is 8.21. The molecule has 3 rings (SSSR count).